The molecule has 6 nitrogen and oxygen atoms in total. The summed E-state index contributed by atoms with van der Waals surface area (Å²) in [4.78, 5) is 14.8. The van der Waals surface area contributed by atoms with E-state index < -0.39 is 0 Å². The van der Waals surface area contributed by atoms with Crippen LogP contribution in [0.15, 0.2) is 75.8 Å². The van der Waals surface area contributed by atoms with Gasteiger partial charge in [-0.1, -0.05) is 18.2 Å². The second-order valence-electron chi connectivity index (χ2n) is 7.41. The molecular formula is C24H24N4O2S. The van der Waals surface area contributed by atoms with Gasteiger partial charge in [0.2, 0.25) is 17.7 Å². The van der Waals surface area contributed by atoms with Crippen LogP contribution in [0.3, 0.4) is 0 Å². The summed E-state index contributed by atoms with van der Waals surface area (Å²) in [5.74, 6) is 0.987. The number of benzene rings is 2. The molecule has 1 amide bonds. The number of nitrogens with one attached hydrogen (secondary N) is 1. The zero-order valence-electron chi connectivity index (χ0n) is 17.5. The minimum Gasteiger partial charge on any atom is -0.421 e. The number of para-hydroxylation sites is 1. The molecule has 4 rings (SSSR count). The maximum Gasteiger partial charge on any atom is 0.248 e. The predicted octanol–water partition coefficient (Wildman–Crippen LogP) is 5.92. The Morgan fingerprint density at radius 1 is 1.03 bits per heavy atom. The van der Waals surface area contributed by atoms with Gasteiger partial charge < -0.3 is 14.6 Å². The summed E-state index contributed by atoms with van der Waals surface area (Å²) in [6.07, 6.45) is 0.709. The van der Waals surface area contributed by atoms with Crippen molar-refractivity contribution in [3.63, 3.8) is 0 Å². The highest BCUT2D eigenvalue weighted by atomic mass is 32.1. The molecule has 2 aromatic carbocycles. The Hall–Kier alpha value is -3.45. The van der Waals surface area contributed by atoms with Crippen molar-refractivity contribution in [3.05, 3.63) is 77.3 Å². The average Bonchev–Trinajstić information content (AvgIpc) is 3.46. The van der Waals surface area contributed by atoms with Crippen molar-refractivity contribution in [2.24, 2.45) is 0 Å². The van der Waals surface area contributed by atoms with E-state index in [-0.39, 0.29) is 11.9 Å². The van der Waals surface area contributed by atoms with Crippen molar-refractivity contribution in [1.82, 2.24) is 10.2 Å². The van der Waals surface area contributed by atoms with Crippen LogP contribution in [0.25, 0.3) is 11.5 Å². The number of amides is 1. The van der Waals surface area contributed by atoms with Gasteiger partial charge in [-0.2, -0.15) is 11.3 Å². The molecule has 4 aromatic rings. The van der Waals surface area contributed by atoms with E-state index in [0.29, 0.717) is 24.6 Å². The van der Waals surface area contributed by atoms with E-state index in [2.05, 4.69) is 15.5 Å². The van der Waals surface area contributed by atoms with E-state index in [4.69, 9.17) is 4.42 Å². The third kappa shape index (κ3) is 5.19. The van der Waals surface area contributed by atoms with Gasteiger partial charge >= 0.3 is 0 Å². The van der Waals surface area contributed by atoms with Crippen molar-refractivity contribution in [2.75, 3.05) is 10.2 Å². The average molecular weight is 433 g/mol. The molecule has 0 atom stereocenters. The third-order valence-electron chi connectivity index (χ3n) is 4.78. The summed E-state index contributed by atoms with van der Waals surface area (Å²) in [6.45, 7) is 4.02. The number of hydrogen-bond donors (Lipinski definition) is 1. The molecule has 158 valence electrons. The highest BCUT2D eigenvalue weighted by molar-refractivity contribution is 7.08. The number of aromatic nitrogens is 2. The van der Waals surface area contributed by atoms with Crippen LogP contribution >= 0.6 is 11.3 Å². The van der Waals surface area contributed by atoms with Gasteiger partial charge in [0.05, 0.1) is 0 Å². The zero-order chi connectivity index (χ0) is 21.6. The lowest BCUT2D eigenvalue weighted by Crippen LogP contribution is -2.37. The monoisotopic (exact) mass is 432 g/mol. The van der Waals surface area contributed by atoms with Gasteiger partial charge in [0.15, 0.2) is 0 Å². The second kappa shape index (κ2) is 9.57. The van der Waals surface area contributed by atoms with Crippen LogP contribution in [0.4, 0.5) is 17.1 Å². The minimum absolute atomic E-state index is 0.0223. The van der Waals surface area contributed by atoms with Crippen molar-refractivity contribution in [3.8, 4) is 11.5 Å². The topological polar surface area (TPSA) is 71.3 Å². The van der Waals surface area contributed by atoms with Crippen molar-refractivity contribution in [1.29, 1.82) is 0 Å². The number of carbonyl (C=O) groups is 1. The van der Waals surface area contributed by atoms with Crippen molar-refractivity contribution in [2.45, 2.75) is 32.7 Å². The first-order valence-electron chi connectivity index (χ1n) is 10.2. The summed E-state index contributed by atoms with van der Waals surface area (Å²) in [7, 11) is 0. The zero-order valence-corrected chi connectivity index (χ0v) is 18.3. The summed E-state index contributed by atoms with van der Waals surface area (Å²) in [5.41, 5.74) is 3.76. The highest BCUT2D eigenvalue weighted by Gasteiger charge is 2.20. The molecule has 31 heavy (non-hydrogen) atoms. The lowest BCUT2D eigenvalue weighted by molar-refractivity contribution is -0.119. The smallest absolute Gasteiger partial charge is 0.248 e. The molecule has 0 unspecified atom stereocenters. The van der Waals surface area contributed by atoms with Crippen LogP contribution in [0.2, 0.25) is 0 Å². The molecule has 0 fully saturated rings. The highest BCUT2D eigenvalue weighted by Crippen LogP contribution is 2.24. The lowest BCUT2D eigenvalue weighted by Gasteiger charge is -2.27. The number of anilines is 3. The van der Waals surface area contributed by atoms with E-state index in [1.54, 1.807) is 11.3 Å². The first-order chi connectivity index (χ1) is 15.1. The van der Waals surface area contributed by atoms with E-state index in [1.165, 1.54) is 0 Å². The van der Waals surface area contributed by atoms with Crippen LogP contribution in [-0.4, -0.2) is 22.1 Å². The SMILES string of the molecule is CC(C)N(C(=O)CCc1nnc(-c2ccsc2)o1)c1ccc(Nc2ccccc2)cc1. The number of aryl methyl sites for hydroxylation is 1. The first-order valence-corrected chi connectivity index (χ1v) is 11.1. The molecule has 0 aliphatic rings. The maximum absolute atomic E-state index is 13.0. The van der Waals surface area contributed by atoms with Crippen molar-refractivity contribution >= 4 is 34.3 Å². The van der Waals surface area contributed by atoms with E-state index in [0.717, 1.165) is 22.6 Å². The summed E-state index contributed by atoms with van der Waals surface area (Å²) >= 11 is 1.57. The maximum atomic E-state index is 13.0. The van der Waals surface area contributed by atoms with Gasteiger partial charge in [0, 0.05) is 46.9 Å². The van der Waals surface area contributed by atoms with Gasteiger partial charge in [-0.3, -0.25) is 4.79 Å². The van der Waals surface area contributed by atoms with Gasteiger partial charge in [-0.25, -0.2) is 0 Å². The minimum atomic E-state index is 0.0223. The van der Waals surface area contributed by atoms with Crippen LogP contribution in [0.5, 0.6) is 0 Å². The Morgan fingerprint density at radius 3 is 2.45 bits per heavy atom. The fourth-order valence-electron chi connectivity index (χ4n) is 3.32. The van der Waals surface area contributed by atoms with Crippen LogP contribution in [0.1, 0.15) is 26.2 Å². The summed E-state index contributed by atoms with van der Waals surface area (Å²) in [6, 6.07) is 19.8. The van der Waals surface area contributed by atoms with Crippen LogP contribution in [-0.2, 0) is 11.2 Å². The van der Waals surface area contributed by atoms with E-state index in [1.807, 2.05) is 90.2 Å². The Labute approximate surface area is 185 Å². The molecule has 0 bridgehead atoms. The van der Waals surface area contributed by atoms with E-state index in [9.17, 15) is 4.79 Å². The molecule has 0 radical (unpaired) electrons. The van der Waals surface area contributed by atoms with Gasteiger partial charge in [-0.05, 0) is 61.7 Å². The standard InChI is InChI=1S/C24H24N4O2S/c1-17(2)28(21-10-8-20(9-11-21)25-19-6-4-3-5-7-19)23(29)13-12-22-26-27-24(30-22)18-14-15-31-16-18/h3-11,14-17,25H,12-13H2,1-2H3. The molecular weight excluding hydrogens is 408 g/mol. The number of thiophene rings is 1. The lowest BCUT2D eigenvalue weighted by atomic mass is 10.1. The van der Waals surface area contributed by atoms with Gasteiger partial charge in [0.25, 0.3) is 0 Å². The summed E-state index contributed by atoms with van der Waals surface area (Å²) in [5, 5.41) is 15.4. The molecule has 2 heterocycles. The van der Waals surface area contributed by atoms with Crippen LogP contribution in [0, 0.1) is 0 Å². The summed E-state index contributed by atoms with van der Waals surface area (Å²) < 4.78 is 5.70. The Kier molecular flexibility index (Phi) is 6.43. The number of nitrogens with zero attached hydrogens (tertiary/aromatic N) is 3. The normalized spacial score (nSPS) is 10.9. The predicted molar refractivity (Wildman–Crippen MR) is 125 cm³/mol. The fraction of sp³-hybridized carbons (Fsp3) is 0.208. The largest absolute Gasteiger partial charge is 0.421 e. The Morgan fingerprint density at radius 2 is 1.77 bits per heavy atom. The number of hydrogen-bond acceptors (Lipinski definition) is 6. The molecule has 0 aliphatic heterocycles. The Balaban J connectivity index is 1.40. The number of carbonyl (C=O) groups excluding carboxylic acids is 1. The molecule has 0 saturated carbocycles. The Bertz CT molecular complexity index is 1110. The number of rotatable bonds is 8. The van der Waals surface area contributed by atoms with Crippen molar-refractivity contribution < 1.29 is 9.21 Å². The third-order valence-corrected chi connectivity index (χ3v) is 5.46. The molecule has 7 heteroatoms. The molecule has 0 saturated heterocycles. The van der Waals surface area contributed by atoms with E-state index >= 15 is 0 Å². The molecule has 0 aliphatic carbocycles. The molecule has 2 aromatic heterocycles. The van der Waals surface area contributed by atoms with Gasteiger partial charge in [-0.15, -0.1) is 10.2 Å². The van der Waals surface area contributed by atoms with Gasteiger partial charge in [0.1, 0.15) is 0 Å². The van der Waals surface area contributed by atoms with Crippen LogP contribution < -0.4 is 10.2 Å². The first kappa shape index (κ1) is 20.8. The molecule has 0 spiro atoms. The second-order valence-corrected chi connectivity index (χ2v) is 8.19. The fourth-order valence-corrected chi connectivity index (χ4v) is 3.95. The molecule has 1 N–H and O–H groups in total. The quantitative estimate of drug-likeness (QED) is 0.374.